The number of carbonyl (C=O) groups excluding carboxylic acids is 1. The third-order valence-corrected chi connectivity index (χ3v) is 4.84. The Hall–Kier alpha value is -1.30. The number of likely N-dealkylation sites (tertiary alicyclic amines) is 1. The lowest BCUT2D eigenvalue weighted by atomic mass is 9.85. The Morgan fingerprint density at radius 2 is 2.05 bits per heavy atom. The fraction of sp³-hybridized carbons (Fsp3) is 0.857. The van der Waals surface area contributed by atoms with Crippen LogP contribution in [-0.2, 0) is 4.79 Å². The largest absolute Gasteiger partial charge is 0.481 e. The van der Waals surface area contributed by atoms with Crippen molar-refractivity contribution in [3.05, 3.63) is 0 Å². The first-order valence-electron chi connectivity index (χ1n) is 7.40. The normalized spacial score (nSPS) is 34.0. The Bertz CT molecular complexity index is 387. The highest BCUT2D eigenvalue weighted by Gasteiger charge is 2.46. The van der Waals surface area contributed by atoms with Crippen molar-refractivity contribution in [1.82, 2.24) is 10.2 Å². The van der Waals surface area contributed by atoms with Gasteiger partial charge in [0.1, 0.15) is 0 Å². The lowest BCUT2D eigenvalue weighted by molar-refractivity contribution is -0.148. The minimum atomic E-state index is -0.875. The summed E-state index contributed by atoms with van der Waals surface area (Å²) in [4.78, 5) is 25.4. The molecule has 1 heterocycles. The average molecular weight is 284 g/mol. The molecule has 3 atom stereocenters. The number of aliphatic hydroxyl groups is 1. The molecular weight excluding hydrogens is 260 g/mol. The van der Waals surface area contributed by atoms with Gasteiger partial charge < -0.3 is 20.4 Å². The Labute approximate surface area is 119 Å². The van der Waals surface area contributed by atoms with Crippen LogP contribution in [0.5, 0.6) is 0 Å². The van der Waals surface area contributed by atoms with Gasteiger partial charge in [0.2, 0.25) is 0 Å². The van der Waals surface area contributed by atoms with E-state index in [1.807, 2.05) is 0 Å². The third kappa shape index (κ3) is 2.75. The van der Waals surface area contributed by atoms with E-state index in [1.165, 1.54) is 0 Å². The van der Waals surface area contributed by atoms with Crippen molar-refractivity contribution in [2.75, 3.05) is 13.2 Å². The molecule has 0 radical (unpaired) electrons. The maximum Gasteiger partial charge on any atom is 0.317 e. The molecule has 114 valence electrons. The van der Waals surface area contributed by atoms with Crippen LogP contribution in [0.2, 0.25) is 0 Å². The molecule has 2 amide bonds. The molecule has 1 aliphatic heterocycles. The molecule has 3 N–H and O–H groups in total. The highest BCUT2D eigenvalue weighted by molar-refractivity contribution is 5.79. The van der Waals surface area contributed by atoms with E-state index >= 15 is 0 Å². The van der Waals surface area contributed by atoms with Gasteiger partial charge in [0.25, 0.3) is 0 Å². The lowest BCUT2D eigenvalue weighted by Gasteiger charge is -2.37. The van der Waals surface area contributed by atoms with Gasteiger partial charge in [0.05, 0.1) is 18.1 Å². The van der Waals surface area contributed by atoms with Gasteiger partial charge in [0, 0.05) is 12.6 Å². The molecule has 2 aliphatic rings. The summed E-state index contributed by atoms with van der Waals surface area (Å²) in [6, 6.07) is -0.696. The van der Waals surface area contributed by atoms with Crippen molar-refractivity contribution in [1.29, 1.82) is 0 Å². The number of piperidine rings is 1. The molecule has 0 spiro atoms. The number of nitrogens with one attached hydrogen (secondary N) is 1. The molecule has 2 fully saturated rings. The van der Waals surface area contributed by atoms with Crippen LogP contribution in [0, 0.1) is 5.41 Å². The van der Waals surface area contributed by atoms with Crippen LogP contribution in [-0.4, -0.2) is 52.3 Å². The van der Waals surface area contributed by atoms with Gasteiger partial charge in [-0.25, -0.2) is 4.79 Å². The summed E-state index contributed by atoms with van der Waals surface area (Å²) in [5.74, 6) is -0.849. The first-order valence-corrected chi connectivity index (χ1v) is 7.40. The highest BCUT2D eigenvalue weighted by atomic mass is 16.4. The summed E-state index contributed by atoms with van der Waals surface area (Å²) in [5, 5.41) is 21.6. The number of amides is 2. The van der Waals surface area contributed by atoms with Gasteiger partial charge in [-0.05, 0) is 39.0 Å². The predicted molar refractivity (Wildman–Crippen MR) is 73.3 cm³/mol. The number of carbonyl (C=O) groups is 2. The zero-order valence-corrected chi connectivity index (χ0v) is 12.0. The second-order valence-corrected chi connectivity index (χ2v) is 6.14. The number of hydrogen-bond acceptors (Lipinski definition) is 3. The van der Waals surface area contributed by atoms with E-state index in [0.29, 0.717) is 19.4 Å². The first-order chi connectivity index (χ1) is 9.49. The minimum absolute atomic E-state index is 0.0334. The Kier molecular flexibility index (Phi) is 4.52. The Morgan fingerprint density at radius 1 is 1.30 bits per heavy atom. The van der Waals surface area contributed by atoms with Gasteiger partial charge >= 0.3 is 12.0 Å². The van der Waals surface area contributed by atoms with Crippen molar-refractivity contribution in [2.24, 2.45) is 5.41 Å². The molecule has 0 aromatic carbocycles. The maximum atomic E-state index is 12.3. The number of carboxylic acid groups (broad SMARTS) is 1. The molecule has 0 aromatic rings. The van der Waals surface area contributed by atoms with Crippen LogP contribution < -0.4 is 5.32 Å². The number of aliphatic carboxylic acids is 1. The summed E-state index contributed by atoms with van der Waals surface area (Å²) >= 11 is 0. The van der Waals surface area contributed by atoms with E-state index in [1.54, 1.807) is 11.8 Å². The average Bonchev–Trinajstić information content (AvgIpc) is 2.81. The molecule has 2 rings (SSSR count). The standard InChI is InChI=1S/C14H24N2O4/c1-14(12(18)19)7-4-6-11(14)15-13(20)16-8-3-2-5-10(16)9-17/h10-11,17H,2-9H2,1H3,(H,15,20)(H,18,19). The second-order valence-electron chi connectivity index (χ2n) is 6.14. The van der Waals surface area contributed by atoms with Gasteiger partial charge in [-0.1, -0.05) is 6.42 Å². The molecular formula is C14H24N2O4. The van der Waals surface area contributed by atoms with Gasteiger partial charge in [0.15, 0.2) is 0 Å². The maximum absolute atomic E-state index is 12.3. The zero-order chi connectivity index (χ0) is 14.8. The molecule has 3 unspecified atom stereocenters. The van der Waals surface area contributed by atoms with E-state index in [9.17, 15) is 19.8 Å². The van der Waals surface area contributed by atoms with Crippen LogP contribution in [0.3, 0.4) is 0 Å². The fourth-order valence-electron chi connectivity index (χ4n) is 3.34. The van der Waals surface area contributed by atoms with Crippen LogP contribution >= 0.6 is 0 Å². The number of rotatable bonds is 3. The summed E-state index contributed by atoms with van der Waals surface area (Å²) in [7, 11) is 0. The van der Waals surface area contributed by atoms with Gasteiger partial charge in [-0.3, -0.25) is 4.79 Å². The SMILES string of the molecule is CC1(C(=O)O)CCCC1NC(=O)N1CCCCC1CO. The van der Waals surface area contributed by atoms with Gasteiger partial charge in [-0.2, -0.15) is 0 Å². The van der Waals surface area contributed by atoms with E-state index in [4.69, 9.17) is 0 Å². The summed E-state index contributed by atoms with van der Waals surface area (Å²) in [6.45, 7) is 2.30. The van der Waals surface area contributed by atoms with Gasteiger partial charge in [-0.15, -0.1) is 0 Å². The molecule has 1 saturated carbocycles. The number of aliphatic hydroxyl groups excluding tert-OH is 1. The summed E-state index contributed by atoms with van der Waals surface area (Å²) in [6.07, 6.45) is 4.88. The summed E-state index contributed by atoms with van der Waals surface area (Å²) in [5.41, 5.74) is -0.875. The molecule has 20 heavy (non-hydrogen) atoms. The van der Waals surface area contributed by atoms with Crippen LogP contribution in [0.4, 0.5) is 4.79 Å². The lowest BCUT2D eigenvalue weighted by Crippen LogP contribution is -2.55. The van der Waals surface area contributed by atoms with E-state index in [-0.39, 0.29) is 24.7 Å². The number of hydrogen-bond donors (Lipinski definition) is 3. The molecule has 0 bridgehead atoms. The molecule has 6 heteroatoms. The molecule has 1 aliphatic carbocycles. The number of nitrogens with zero attached hydrogens (tertiary/aromatic N) is 1. The third-order valence-electron chi connectivity index (χ3n) is 4.84. The fourth-order valence-corrected chi connectivity index (χ4v) is 3.34. The van der Waals surface area contributed by atoms with Crippen molar-refractivity contribution >= 4 is 12.0 Å². The predicted octanol–water partition coefficient (Wildman–Crippen LogP) is 1.19. The summed E-state index contributed by atoms with van der Waals surface area (Å²) < 4.78 is 0. The van der Waals surface area contributed by atoms with E-state index in [2.05, 4.69) is 5.32 Å². The topological polar surface area (TPSA) is 89.9 Å². The number of carboxylic acids is 1. The Balaban J connectivity index is 2.01. The van der Waals surface area contributed by atoms with Crippen LogP contribution in [0.1, 0.15) is 45.4 Å². The van der Waals surface area contributed by atoms with Crippen molar-refractivity contribution in [3.63, 3.8) is 0 Å². The van der Waals surface area contributed by atoms with E-state index < -0.39 is 11.4 Å². The molecule has 1 saturated heterocycles. The van der Waals surface area contributed by atoms with Crippen LogP contribution in [0.15, 0.2) is 0 Å². The highest BCUT2D eigenvalue weighted by Crippen LogP contribution is 2.38. The van der Waals surface area contributed by atoms with Crippen molar-refractivity contribution in [3.8, 4) is 0 Å². The first kappa shape index (κ1) is 15.1. The van der Waals surface area contributed by atoms with E-state index in [0.717, 1.165) is 25.7 Å². The number of urea groups is 1. The van der Waals surface area contributed by atoms with Crippen molar-refractivity contribution in [2.45, 2.75) is 57.5 Å². The quantitative estimate of drug-likeness (QED) is 0.726. The molecule has 6 nitrogen and oxygen atoms in total. The zero-order valence-electron chi connectivity index (χ0n) is 12.0. The minimum Gasteiger partial charge on any atom is -0.481 e. The smallest absolute Gasteiger partial charge is 0.317 e. The monoisotopic (exact) mass is 284 g/mol. The Morgan fingerprint density at radius 3 is 2.70 bits per heavy atom. The van der Waals surface area contributed by atoms with Crippen LogP contribution in [0.25, 0.3) is 0 Å². The molecule has 0 aromatic heterocycles. The second kappa shape index (κ2) is 5.99. The van der Waals surface area contributed by atoms with Crippen molar-refractivity contribution < 1.29 is 19.8 Å².